The van der Waals surface area contributed by atoms with E-state index in [9.17, 15) is 4.79 Å². The predicted molar refractivity (Wildman–Crippen MR) is 114 cm³/mol. The molecule has 2 saturated heterocycles. The van der Waals surface area contributed by atoms with Gasteiger partial charge in [-0.15, -0.1) is 0 Å². The minimum Gasteiger partial charge on any atom is -0.352 e. The van der Waals surface area contributed by atoms with Crippen molar-refractivity contribution in [2.24, 2.45) is 5.92 Å². The summed E-state index contributed by atoms with van der Waals surface area (Å²) in [7, 11) is 0. The highest BCUT2D eigenvalue weighted by Crippen LogP contribution is 2.26. The van der Waals surface area contributed by atoms with E-state index in [0.29, 0.717) is 18.1 Å². The largest absolute Gasteiger partial charge is 0.352 e. The summed E-state index contributed by atoms with van der Waals surface area (Å²) in [5.41, 5.74) is 11.1. The zero-order chi connectivity index (χ0) is 20.2. The van der Waals surface area contributed by atoms with Crippen LogP contribution in [0.15, 0.2) is 42.7 Å². The van der Waals surface area contributed by atoms with E-state index in [2.05, 4.69) is 38.2 Å². The summed E-state index contributed by atoms with van der Waals surface area (Å²) in [6, 6.07) is 10.4. The van der Waals surface area contributed by atoms with Gasteiger partial charge >= 0.3 is 0 Å². The molecule has 2 atom stereocenters. The van der Waals surface area contributed by atoms with E-state index in [1.54, 1.807) is 0 Å². The zero-order valence-electron chi connectivity index (χ0n) is 17.3. The fourth-order valence-corrected chi connectivity index (χ4v) is 4.49. The Bertz CT molecular complexity index is 812. The van der Waals surface area contributed by atoms with Gasteiger partial charge in [-0.25, -0.2) is 10.9 Å². The Hall–Kier alpha value is -2.28. The number of aryl methyl sites for hydroxylation is 2. The van der Waals surface area contributed by atoms with E-state index in [4.69, 9.17) is 0 Å². The summed E-state index contributed by atoms with van der Waals surface area (Å²) in [5, 5.41) is 3.14. The van der Waals surface area contributed by atoms with Crippen molar-refractivity contribution in [1.29, 1.82) is 0 Å². The quantitative estimate of drug-likeness (QED) is 0.729. The van der Waals surface area contributed by atoms with E-state index < -0.39 is 0 Å². The lowest BCUT2D eigenvalue weighted by Gasteiger charge is -2.35. The predicted octanol–water partition coefficient (Wildman–Crippen LogP) is 2.71. The second-order valence-corrected chi connectivity index (χ2v) is 8.44. The number of carbonyl (C=O) groups excluding carboxylic acids is 1. The highest BCUT2D eigenvalue weighted by molar-refractivity contribution is 5.94. The number of nitrogens with one attached hydrogen (secondary N) is 3. The third-order valence-corrected chi connectivity index (χ3v) is 6.09. The molecule has 6 nitrogen and oxygen atoms in total. The van der Waals surface area contributed by atoms with Crippen LogP contribution < -0.4 is 16.2 Å². The minimum atomic E-state index is 0.0419. The van der Waals surface area contributed by atoms with Crippen LogP contribution in [-0.4, -0.2) is 41.6 Å². The number of hydrogen-bond donors (Lipinski definition) is 3. The second kappa shape index (κ2) is 9.03. The van der Waals surface area contributed by atoms with Crippen molar-refractivity contribution in [2.45, 2.75) is 45.3 Å². The second-order valence-electron chi connectivity index (χ2n) is 8.44. The molecule has 1 amide bonds. The van der Waals surface area contributed by atoms with Gasteiger partial charge in [-0.2, -0.15) is 0 Å². The van der Waals surface area contributed by atoms with Crippen molar-refractivity contribution in [3.05, 3.63) is 65.0 Å². The number of aromatic nitrogens is 1. The van der Waals surface area contributed by atoms with E-state index in [-0.39, 0.29) is 5.91 Å². The van der Waals surface area contributed by atoms with Crippen molar-refractivity contribution in [2.75, 3.05) is 19.6 Å². The molecular weight excluding hydrogens is 362 g/mol. The lowest BCUT2D eigenvalue weighted by molar-refractivity contribution is 0.0914. The molecule has 1 aromatic carbocycles. The van der Waals surface area contributed by atoms with Gasteiger partial charge in [0, 0.05) is 24.5 Å². The third-order valence-electron chi connectivity index (χ3n) is 6.09. The SMILES string of the molecule is Cc1cc(C)cc(C(=O)NCC2CCN(C3CC(c4cccnc4)NN3)CC2)c1. The van der Waals surface area contributed by atoms with Crippen molar-refractivity contribution in [3.63, 3.8) is 0 Å². The van der Waals surface area contributed by atoms with E-state index in [1.807, 2.05) is 44.4 Å². The maximum absolute atomic E-state index is 12.5. The monoisotopic (exact) mass is 393 g/mol. The lowest BCUT2D eigenvalue weighted by atomic mass is 9.95. The average molecular weight is 394 g/mol. The molecule has 4 rings (SSSR count). The number of rotatable bonds is 5. The van der Waals surface area contributed by atoms with Crippen molar-refractivity contribution in [3.8, 4) is 0 Å². The average Bonchev–Trinajstić information content (AvgIpc) is 3.22. The number of hydrogen-bond acceptors (Lipinski definition) is 5. The Kier molecular flexibility index (Phi) is 6.23. The summed E-state index contributed by atoms with van der Waals surface area (Å²) in [4.78, 5) is 19.2. The van der Waals surface area contributed by atoms with Crippen molar-refractivity contribution in [1.82, 2.24) is 26.1 Å². The molecule has 0 bridgehead atoms. The van der Waals surface area contributed by atoms with Crippen LogP contribution in [0, 0.1) is 19.8 Å². The fraction of sp³-hybridized carbons (Fsp3) is 0.478. The van der Waals surface area contributed by atoms with Gasteiger partial charge in [0.1, 0.15) is 0 Å². The van der Waals surface area contributed by atoms with Crippen LogP contribution in [0.5, 0.6) is 0 Å². The minimum absolute atomic E-state index is 0.0419. The van der Waals surface area contributed by atoms with Crippen LogP contribution in [0.3, 0.4) is 0 Å². The lowest BCUT2D eigenvalue weighted by Crippen LogP contribution is -2.49. The molecule has 3 heterocycles. The van der Waals surface area contributed by atoms with Crippen LogP contribution in [-0.2, 0) is 0 Å². The molecule has 2 aliphatic heterocycles. The normalized spacial score (nSPS) is 23.2. The molecule has 0 aliphatic carbocycles. The standard InChI is InChI=1S/C23H31N5O/c1-16-10-17(2)12-20(11-16)23(29)25-14-18-5-8-28(9-6-18)22-13-21(26-27-22)19-4-3-7-24-15-19/h3-4,7,10-12,15,18,21-22,26-27H,5-6,8-9,13-14H2,1-2H3,(H,25,29). The molecule has 3 N–H and O–H groups in total. The maximum Gasteiger partial charge on any atom is 0.251 e. The molecule has 2 unspecified atom stereocenters. The first kappa shape index (κ1) is 20.0. The number of likely N-dealkylation sites (tertiary alicyclic amines) is 1. The van der Waals surface area contributed by atoms with Crippen molar-refractivity contribution < 1.29 is 4.79 Å². The summed E-state index contributed by atoms with van der Waals surface area (Å²) in [6.07, 6.45) is 7.37. The van der Waals surface area contributed by atoms with E-state index in [0.717, 1.165) is 55.6 Å². The highest BCUT2D eigenvalue weighted by atomic mass is 16.1. The Balaban J connectivity index is 1.22. The Morgan fingerprint density at radius 3 is 2.62 bits per heavy atom. The van der Waals surface area contributed by atoms with Crippen LogP contribution >= 0.6 is 0 Å². The Morgan fingerprint density at radius 2 is 1.93 bits per heavy atom. The number of benzene rings is 1. The van der Waals surface area contributed by atoms with E-state index in [1.165, 1.54) is 5.56 Å². The molecule has 29 heavy (non-hydrogen) atoms. The first-order valence-electron chi connectivity index (χ1n) is 10.6. The summed E-state index contributed by atoms with van der Waals surface area (Å²) < 4.78 is 0. The molecule has 2 aromatic rings. The molecule has 2 fully saturated rings. The van der Waals surface area contributed by atoms with Gasteiger partial charge in [0.05, 0.1) is 12.2 Å². The van der Waals surface area contributed by atoms with Crippen LogP contribution in [0.4, 0.5) is 0 Å². The highest BCUT2D eigenvalue weighted by Gasteiger charge is 2.32. The summed E-state index contributed by atoms with van der Waals surface area (Å²) in [6.45, 7) is 6.94. The van der Waals surface area contributed by atoms with Gasteiger partial charge in [0.2, 0.25) is 0 Å². The number of piperidine rings is 1. The summed E-state index contributed by atoms with van der Waals surface area (Å²) in [5.74, 6) is 0.588. The molecule has 0 spiro atoms. The topological polar surface area (TPSA) is 69.3 Å². The molecular formula is C23H31N5O. The Labute approximate surface area is 173 Å². The number of nitrogens with zero attached hydrogens (tertiary/aromatic N) is 2. The number of pyridine rings is 1. The first-order valence-corrected chi connectivity index (χ1v) is 10.6. The van der Waals surface area contributed by atoms with Gasteiger partial charge in [0.25, 0.3) is 5.91 Å². The van der Waals surface area contributed by atoms with Crippen molar-refractivity contribution >= 4 is 5.91 Å². The fourth-order valence-electron chi connectivity index (χ4n) is 4.49. The smallest absolute Gasteiger partial charge is 0.251 e. The van der Waals surface area contributed by atoms with Gasteiger partial charge in [-0.05, 0) is 75.9 Å². The molecule has 0 saturated carbocycles. The van der Waals surface area contributed by atoms with Crippen LogP contribution in [0.1, 0.15) is 52.4 Å². The molecule has 6 heteroatoms. The van der Waals surface area contributed by atoms with Gasteiger partial charge in [0.15, 0.2) is 0 Å². The third kappa shape index (κ3) is 5.01. The maximum atomic E-state index is 12.5. The van der Waals surface area contributed by atoms with E-state index >= 15 is 0 Å². The molecule has 0 radical (unpaired) electrons. The van der Waals surface area contributed by atoms with Gasteiger partial charge in [-0.3, -0.25) is 14.7 Å². The summed E-state index contributed by atoms with van der Waals surface area (Å²) >= 11 is 0. The Morgan fingerprint density at radius 1 is 1.17 bits per heavy atom. The molecule has 1 aromatic heterocycles. The van der Waals surface area contributed by atoms with Gasteiger partial charge in [-0.1, -0.05) is 23.3 Å². The number of hydrazine groups is 1. The van der Waals surface area contributed by atoms with Crippen LogP contribution in [0.25, 0.3) is 0 Å². The van der Waals surface area contributed by atoms with Gasteiger partial charge < -0.3 is 5.32 Å². The molecule has 2 aliphatic rings. The number of carbonyl (C=O) groups is 1. The van der Waals surface area contributed by atoms with Crippen LogP contribution in [0.2, 0.25) is 0 Å². The molecule has 154 valence electrons. The zero-order valence-corrected chi connectivity index (χ0v) is 17.3. The number of amides is 1. The first-order chi connectivity index (χ1) is 14.1.